The molecule has 7 N–H and O–H groups in total. The van der Waals surface area contributed by atoms with Crippen molar-refractivity contribution in [2.24, 2.45) is 0 Å². The molecule has 23 nitrogen and oxygen atoms in total. The summed E-state index contributed by atoms with van der Waals surface area (Å²) in [4.78, 5) is 74.7. The van der Waals surface area contributed by atoms with E-state index in [-0.39, 0.29) is 78.0 Å². The van der Waals surface area contributed by atoms with Gasteiger partial charge in [-0.3, -0.25) is 25.0 Å². The van der Waals surface area contributed by atoms with Crippen molar-refractivity contribution in [3.05, 3.63) is 134 Å². The number of anilines is 5. The van der Waals surface area contributed by atoms with E-state index in [0.717, 1.165) is 18.4 Å². The zero-order chi connectivity index (χ0) is 48.0. The van der Waals surface area contributed by atoms with E-state index in [1.807, 2.05) is 24.3 Å². The number of ether oxygens (including phenoxy) is 1. The molecule has 0 spiro atoms. The minimum Gasteiger partial charge on any atom is -0.478 e. The number of carbonyl (C=O) groups excluding carboxylic acids is 1. The summed E-state index contributed by atoms with van der Waals surface area (Å²) in [6.45, 7) is 1.87. The fourth-order valence-electron chi connectivity index (χ4n) is 7.28. The topological polar surface area (TPSA) is 323 Å². The van der Waals surface area contributed by atoms with Gasteiger partial charge in [-0.15, -0.1) is 0 Å². The van der Waals surface area contributed by atoms with Gasteiger partial charge in [0.05, 0.1) is 57.1 Å². The minimum atomic E-state index is -1.30. The van der Waals surface area contributed by atoms with Crippen LogP contribution in [0.15, 0.2) is 91.3 Å². The number of carboxylic acids is 1. The van der Waals surface area contributed by atoms with E-state index in [2.05, 4.69) is 62.9 Å². The Balaban J connectivity index is 1.13. The van der Waals surface area contributed by atoms with Crippen LogP contribution in [0.2, 0.25) is 0 Å². The Bertz CT molecular complexity index is 2800. The van der Waals surface area contributed by atoms with E-state index in [1.165, 1.54) is 37.5 Å². The van der Waals surface area contributed by atoms with E-state index >= 15 is 0 Å². The van der Waals surface area contributed by atoms with Crippen LogP contribution in [0.25, 0.3) is 22.5 Å². The van der Waals surface area contributed by atoms with Crippen molar-refractivity contribution >= 4 is 52.6 Å². The molecule has 1 aliphatic rings. The van der Waals surface area contributed by atoms with Gasteiger partial charge < -0.3 is 41.7 Å². The second-order valence-electron chi connectivity index (χ2n) is 15.2. The molecule has 7 rings (SSSR count). The molecule has 0 aliphatic carbocycles. The summed E-state index contributed by atoms with van der Waals surface area (Å²) in [6, 6.07) is 22.4. The second kappa shape index (κ2) is 22.3. The largest absolute Gasteiger partial charge is 0.478 e. The summed E-state index contributed by atoms with van der Waals surface area (Å²) in [5.74, 6) is -0.211. The Labute approximate surface area is 388 Å². The maximum Gasteiger partial charge on any atom is 0.339 e. The van der Waals surface area contributed by atoms with Gasteiger partial charge in [0.1, 0.15) is 23.4 Å². The van der Waals surface area contributed by atoms with Gasteiger partial charge in [-0.1, -0.05) is 36.4 Å². The van der Waals surface area contributed by atoms with Crippen LogP contribution in [-0.4, -0.2) is 103 Å². The molecule has 2 unspecified atom stereocenters. The summed E-state index contributed by atoms with van der Waals surface area (Å²) < 4.78 is 5.74. The van der Waals surface area contributed by atoms with E-state index < -0.39 is 21.9 Å². The zero-order valence-corrected chi connectivity index (χ0v) is 36.5. The summed E-state index contributed by atoms with van der Waals surface area (Å²) in [6.07, 6.45) is 4.15. The normalized spacial score (nSPS) is 13.4. The Hall–Kier alpha value is -8.91. The number of hydrogen-bond acceptors (Lipinski definition) is 19. The molecule has 23 heteroatoms. The fraction of sp³-hybridized carbons (Fsp3) is 0.267. The van der Waals surface area contributed by atoms with Crippen LogP contribution in [0.5, 0.6) is 0 Å². The predicted molar refractivity (Wildman–Crippen MR) is 250 cm³/mol. The predicted octanol–water partition coefficient (Wildman–Crippen LogP) is 5.84. The average molecular weight is 924 g/mol. The molecule has 1 amide bonds. The summed E-state index contributed by atoms with van der Waals surface area (Å²) in [5, 5.41) is 60.8. The number of nitrogens with one attached hydrogen (secondary N) is 6. The van der Waals surface area contributed by atoms with Crippen LogP contribution < -0.4 is 31.9 Å². The lowest BCUT2D eigenvalue weighted by Crippen LogP contribution is -2.33. The number of aromatic nitrogens is 6. The van der Waals surface area contributed by atoms with Gasteiger partial charge >= 0.3 is 11.7 Å². The lowest BCUT2D eigenvalue weighted by Gasteiger charge is -2.22. The molecule has 348 valence electrons. The van der Waals surface area contributed by atoms with E-state index in [0.29, 0.717) is 59.7 Å². The number of benzene rings is 2. The summed E-state index contributed by atoms with van der Waals surface area (Å²) in [5.41, 5.74) is 2.50. The van der Waals surface area contributed by atoms with Crippen molar-refractivity contribution in [3.63, 3.8) is 0 Å². The first-order chi connectivity index (χ1) is 33.0. The summed E-state index contributed by atoms with van der Waals surface area (Å²) in [7, 11) is 1.53. The molecule has 5 heterocycles. The number of nitro groups is 2. The van der Waals surface area contributed by atoms with E-state index in [4.69, 9.17) is 9.72 Å². The van der Waals surface area contributed by atoms with Crippen molar-refractivity contribution in [2.45, 2.75) is 37.8 Å². The number of pyridine rings is 2. The maximum atomic E-state index is 13.7. The molecule has 1 aliphatic heterocycles. The molecule has 0 bridgehead atoms. The standard InChI is InChI=1S/C45H45N15O8/c1-47-42-36(60(66)67)13-15-38(57-42)49-19-21-52-45-56-35(40(43(62)63)41(58-45)30-6-4-27(25-46)5-7-30)24-34(54-39(61)23-32-3-2-22-68-32)29-10-8-28(9-11-29)33-16-17-50-44(55-33)51-20-18-48-37-14-12-31(26-53-37)59(64)65/h4-17,26,32,34H,2-3,18-24H2,1H3,(H,48,53)(H,54,61)(H,62,63)(H2,47,49,57)(H,50,51,55)(H,52,56,58). The van der Waals surface area contributed by atoms with Crippen LogP contribution >= 0.6 is 0 Å². The number of aromatic carboxylic acids is 1. The van der Waals surface area contributed by atoms with E-state index in [9.17, 15) is 40.2 Å². The lowest BCUT2D eigenvalue weighted by molar-refractivity contribution is -0.385. The molecule has 0 saturated carbocycles. The lowest BCUT2D eigenvalue weighted by atomic mass is 9.95. The molecule has 2 atom stereocenters. The van der Waals surface area contributed by atoms with Gasteiger partial charge in [-0.05, 0) is 48.7 Å². The van der Waals surface area contributed by atoms with Crippen molar-refractivity contribution in [3.8, 4) is 28.6 Å². The number of carbonyl (C=O) groups is 2. The molecule has 4 aromatic heterocycles. The molecule has 2 aromatic carbocycles. The highest BCUT2D eigenvalue weighted by molar-refractivity contribution is 5.96. The van der Waals surface area contributed by atoms with Crippen LogP contribution in [0, 0.1) is 31.6 Å². The SMILES string of the molecule is CNc1nc(NCCNc2nc(CC(NC(=O)CC3CCCO3)c3ccc(-c4ccnc(NCCNc5ccc([N+](=O)[O-])cn5)n4)cc3)c(C(=O)O)c(-c3ccc(C#N)cc3)n2)ccc1[N+](=O)[O-]. The second-order valence-corrected chi connectivity index (χ2v) is 15.2. The quantitative estimate of drug-likeness (QED) is 0.0239. The number of rotatable bonds is 22. The molecule has 1 saturated heterocycles. The van der Waals surface area contributed by atoms with Gasteiger partial charge in [0.2, 0.25) is 23.6 Å². The van der Waals surface area contributed by atoms with Crippen molar-refractivity contribution in [2.75, 3.05) is 66.4 Å². The average Bonchev–Trinajstić information content (AvgIpc) is 3.87. The zero-order valence-electron chi connectivity index (χ0n) is 36.5. The van der Waals surface area contributed by atoms with Crippen molar-refractivity contribution < 1.29 is 29.3 Å². The number of carboxylic acid groups (broad SMARTS) is 1. The Kier molecular flexibility index (Phi) is 15.5. The number of nitriles is 1. The first-order valence-corrected chi connectivity index (χ1v) is 21.4. The molecule has 0 radical (unpaired) electrons. The molecule has 68 heavy (non-hydrogen) atoms. The van der Waals surface area contributed by atoms with Crippen LogP contribution in [0.4, 0.5) is 40.7 Å². The third kappa shape index (κ3) is 12.2. The molecule has 6 aromatic rings. The van der Waals surface area contributed by atoms with Gasteiger partial charge in [0, 0.05) is 75.7 Å². The van der Waals surface area contributed by atoms with Gasteiger partial charge in [0.25, 0.3) is 5.69 Å². The Morgan fingerprint density at radius 1 is 0.824 bits per heavy atom. The highest BCUT2D eigenvalue weighted by atomic mass is 16.6. The molecular formula is C45H45N15O8. The van der Waals surface area contributed by atoms with Gasteiger partial charge in [-0.2, -0.15) is 5.26 Å². The van der Waals surface area contributed by atoms with Crippen molar-refractivity contribution in [1.29, 1.82) is 5.26 Å². The van der Waals surface area contributed by atoms with Crippen molar-refractivity contribution in [1.82, 2.24) is 35.2 Å². The smallest absolute Gasteiger partial charge is 0.339 e. The minimum absolute atomic E-state index is 0.0680. The van der Waals surface area contributed by atoms with E-state index in [1.54, 1.807) is 36.5 Å². The summed E-state index contributed by atoms with van der Waals surface area (Å²) >= 11 is 0. The maximum absolute atomic E-state index is 13.7. The number of amides is 1. The fourth-order valence-corrected chi connectivity index (χ4v) is 7.28. The highest BCUT2D eigenvalue weighted by Crippen LogP contribution is 2.31. The first kappa shape index (κ1) is 47.1. The molecular weight excluding hydrogens is 879 g/mol. The number of nitrogens with zero attached hydrogens (tertiary/aromatic N) is 9. The first-order valence-electron chi connectivity index (χ1n) is 21.4. The highest BCUT2D eigenvalue weighted by Gasteiger charge is 2.27. The third-order valence-corrected chi connectivity index (χ3v) is 10.6. The van der Waals surface area contributed by atoms with Gasteiger partial charge in [0.15, 0.2) is 0 Å². The Morgan fingerprint density at radius 3 is 2.18 bits per heavy atom. The van der Waals surface area contributed by atoms with Crippen LogP contribution in [-0.2, 0) is 16.0 Å². The van der Waals surface area contributed by atoms with Gasteiger partial charge in [-0.25, -0.2) is 34.7 Å². The van der Waals surface area contributed by atoms with Crippen LogP contribution in [0.3, 0.4) is 0 Å². The molecule has 1 fully saturated rings. The Morgan fingerprint density at radius 2 is 1.53 bits per heavy atom. The van der Waals surface area contributed by atoms with Crippen LogP contribution in [0.1, 0.15) is 52.5 Å². The third-order valence-electron chi connectivity index (χ3n) is 10.6. The number of hydrogen-bond donors (Lipinski definition) is 7. The monoisotopic (exact) mass is 923 g/mol.